The first-order valence-corrected chi connectivity index (χ1v) is 12.3. The Balaban J connectivity index is 1.33. The molecule has 0 unspecified atom stereocenters. The largest absolute Gasteiger partial charge is 0.416 e. The first kappa shape index (κ1) is 22.5. The van der Waals surface area contributed by atoms with E-state index in [2.05, 4.69) is 34.9 Å². The first-order chi connectivity index (χ1) is 16.8. The minimum Gasteiger partial charge on any atom is -0.378 e. The molecule has 6 rings (SSSR count). The molecule has 3 nitrogen and oxygen atoms in total. The minimum atomic E-state index is -4.52. The van der Waals surface area contributed by atoms with Gasteiger partial charge in [-0.3, -0.25) is 4.79 Å². The lowest BCUT2D eigenvalue weighted by atomic mass is 9.68. The maximum absolute atomic E-state index is 13.1. The van der Waals surface area contributed by atoms with E-state index in [1.165, 1.54) is 24.8 Å². The molecular weight excluding hydrogens is 473 g/mol. The van der Waals surface area contributed by atoms with Crippen molar-refractivity contribution in [1.29, 1.82) is 0 Å². The molecule has 0 radical (unpaired) electrons. The average molecular weight is 497 g/mol. The lowest BCUT2D eigenvalue weighted by Gasteiger charge is -2.43. The molecule has 1 aliphatic heterocycles. The van der Waals surface area contributed by atoms with Crippen molar-refractivity contribution >= 4 is 28.9 Å². The zero-order chi connectivity index (χ0) is 24.3. The smallest absolute Gasteiger partial charge is 0.378 e. The summed E-state index contributed by atoms with van der Waals surface area (Å²) in [6, 6.07) is 19.2. The van der Waals surface area contributed by atoms with Crippen molar-refractivity contribution in [1.82, 2.24) is 0 Å². The second-order valence-electron chi connectivity index (χ2n) is 9.92. The molecule has 3 aromatic rings. The zero-order valence-corrected chi connectivity index (χ0v) is 19.5. The van der Waals surface area contributed by atoms with Crippen LogP contribution in [0.5, 0.6) is 0 Å². The minimum absolute atomic E-state index is 0.0516. The van der Waals surface area contributed by atoms with Crippen LogP contribution in [0.3, 0.4) is 0 Å². The van der Waals surface area contributed by atoms with E-state index in [1.54, 1.807) is 6.07 Å². The lowest BCUT2D eigenvalue weighted by Crippen LogP contribution is -2.35. The van der Waals surface area contributed by atoms with Gasteiger partial charge in [0.15, 0.2) is 0 Å². The third-order valence-electron chi connectivity index (χ3n) is 8.05. The lowest BCUT2D eigenvalue weighted by molar-refractivity contribution is -0.137. The van der Waals surface area contributed by atoms with Crippen LogP contribution < -0.4 is 10.6 Å². The van der Waals surface area contributed by atoms with Gasteiger partial charge < -0.3 is 10.6 Å². The molecule has 2 N–H and O–H groups in total. The molecule has 0 aromatic heterocycles. The molecule has 3 aromatic carbocycles. The van der Waals surface area contributed by atoms with Crippen LogP contribution in [0.1, 0.15) is 58.3 Å². The number of halogens is 4. The van der Waals surface area contributed by atoms with Crippen molar-refractivity contribution < 1.29 is 18.0 Å². The van der Waals surface area contributed by atoms with Gasteiger partial charge in [0.25, 0.3) is 5.91 Å². The third kappa shape index (κ3) is 3.88. The number of carbonyl (C=O) groups excluding carboxylic acids is 1. The molecule has 5 atom stereocenters. The second-order valence-corrected chi connectivity index (χ2v) is 10.3. The summed E-state index contributed by atoms with van der Waals surface area (Å²) in [5.41, 5.74) is 2.95. The summed E-state index contributed by atoms with van der Waals surface area (Å²) in [6.45, 7) is 0. The van der Waals surface area contributed by atoms with Crippen molar-refractivity contribution in [3.05, 3.63) is 94.0 Å². The SMILES string of the molecule is O=C(Nc1cc(C(F)(F)F)ccc1Cl)c1ccc2c(c1)[C@@H]1[C@H]3CC[C@@H](C3)[C@@H]1[C@H](c1ccccc1)N2. The van der Waals surface area contributed by atoms with Gasteiger partial charge in [0, 0.05) is 11.3 Å². The maximum atomic E-state index is 13.1. The third-order valence-corrected chi connectivity index (χ3v) is 8.38. The predicted octanol–water partition coefficient (Wildman–Crippen LogP) is 7.91. The van der Waals surface area contributed by atoms with Gasteiger partial charge in [0.2, 0.25) is 0 Å². The molecular formula is C28H24ClF3N2O. The van der Waals surface area contributed by atoms with Crippen molar-refractivity contribution in [2.24, 2.45) is 17.8 Å². The molecule has 2 aliphatic carbocycles. The van der Waals surface area contributed by atoms with Gasteiger partial charge in [-0.1, -0.05) is 41.9 Å². The first-order valence-electron chi connectivity index (χ1n) is 11.9. The normalized spacial score (nSPS) is 26.6. The number of anilines is 2. The van der Waals surface area contributed by atoms with Crippen molar-refractivity contribution in [2.45, 2.75) is 37.4 Å². The number of benzene rings is 3. The molecule has 1 heterocycles. The summed E-state index contributed by atoms with van der Waals surface area (Å²) < 4.78 is 39.4. The zero-order valence-electron chi connectivity index (χ0n) is 18.8. The van der Waals surface area contributed by atoms with Gasteiger partial charge in [-0.2, -0.15) is 13.2 Å². The molecule has 2 fully saturated rings. The van der Waals surface area contributed by atoms with Crippen LogP contribution in [0.2, 0.25) is 5.02 Å². The van der Waals surface area contributed by atoms with E-state index in [0.717, 1.165) is 29.4 Å². The predicted molar refractivity (Wildman–Crippen MR) is 131 cm³/mol. The van der Waals surface area contributed by atoms with E-state index in [1.807, 2.05) is 18.2 Å². The summed E-state index contributed by atoms with van der Waals surface area (Å²) in [6.07, 6.45) is -0.882. The summed E-state index contributed by atoms with van der Waals surface area (Å²) in [5, 5.41) is 6.38. The van der Waals surface area contributed by atoms with E-state index in [0.29, 0.717) is 29.2 Å². The van der Waals surface area contributed by atoms with Crippen molar-refractivity contribution in [3.8, 4) is 0 Å². The van der Waals surface area contributed by atoms with Gasteiger partial charge in [-0.05, 0) is 90.5 Å². The van der Waals surface area contributed by atoms with Crippen LogP contribution in [-0.2, 0) is 6.18 Å². The van der Waals surface area contributed by atoms with Gasteiger partial charge in [-0.25, -0.2) is 0 Å². The standard InChI is InChI=1S/C28H24ClF3N2O/c29-21-10-9-19(28(30,31)32)14-23(21)34-27(35)18-8-11-22-20(13-18)24-16-6-7-17(12-16)25(24)26(33-22)15-4-2-1-3-5-15/h1-5,8-11,13-14,16-17,24-26,33H,6-7,12H2,(H,34,35)/t16-,17-,24-,25-,26-/m0/s1. The molecule has 1 amide bonds. The van der Waals surface area contributed by atoms with E-state index in [4.69, 9.17) is 11.6 Å². The summed E-state index contributed by atoms with van der Waals surface area (Å²) in [4.78, 5) is 13.1. The van der Waals surface area contributed by atoms with Crippen LogP contribution in [-0.4, -0.2) is 5.91 Å². The Labute approximate surface area is 206 Å². The van der Waals surface area contributed by atoms with Crippen molar-refractivity contribution in [2.75, 3.05) is 10.6 Å². The number of rotatable bonds is 3. The van der Waals surface area contributed by atoms with E-state index >= 15 is 0 Å². The Hall–Kier alpha value is -2.99. The topological polar surface area (TPSA) is 41.1 Å². The van der Waals surface area contributed by atoms with Crippen molar-refractivity contribution in [3.63, 3.8) is 0 Å². The number of hydrogen-bond acceptors (Lipinski definition) is 2. The van der Waals surface area contributed by atoms with E-state index in [-0.39, 0.29) is 16.8 Å². The molecule has 2 bridgehead atoms. The number of nitrogens with one attached hydrogen (secondary N) is 2. The molecule has 3 aliphatic rings. The molecule has 180 valence electrons. The number of hydrogen-bond donors (Lipinski definition) is 2. The highest BCUT2D eigenvalue weighted by Gasteiger charge is 2.53. The van der Waals surface area contributed by atoms with Gasteiger partial charge in [0.1, 0.15) is 0 Å². The monoisotopic (exact) mass is 496 g/mol. The Morgan fingerprint density at radius 2 is 1.74 bits per heavy atom. The number of amides is 1. The Morgan fingerprint density at radius 1 is 0.971 bits per heavy atom. The molecule has 0 saturated heterocycles. The van der Waals surface area contributed by atoms with Crippen LogP contribution in [0, 0.1) is 17.8 Å². The Morgan fingerprint density at radius 3 is 2.51 bits per heavy atom. The van der Waals surface area contributed by atoms with Crippen LogP contribution >= 0.6 is 11.6 Å². The van der Waals surface area contributed by atoms with Crippen LogP contribution in [0.4, 0.5) is 24.5 Å². The number of alkyl halides is 3. The van der Waals surface area contributed by atoms with E-state index < -0.39 is 17.6 Å². The highest BCUT2D eigenvalue weighted by atomic mass is 35.5. The summed E-state index contributed by atoms with van der Waals surface area (Å²) in [5.74, 6) is 1.59. The highest BCUT2D eigenvalue weighted by Crippen LogP contribution is 2.63. The molecule has 2 saturated carbocycles. The van der Waals surface area contributed by atoms with Crippen LogP contribution in [0.15, 0.2) is 66.7 Å². The quantitative estimate of drug-likeness (QED) is 0.387. The van der Waals surface area contributed by atoms with Gasteiger partial charge in [0.05, 0.1) is 22.3 Å². The maximum Gasteiger partial charge on any atom is 0.416 e. The molecule has 0 spiro atoms. The average Bonchev–Trinajstić information content (AvgIpc) is 3.47. The van der Waals surface area contributed by atoms with Crippen LogP contribution in [0.25, 0.3) is 0 Å². The van der Waals surface area contributed by atoms with Gasteiger partial charge in [-0.15, -0.1) is 0 Å². The summed E-state index contributed by atoms with van der Waals surface area (Å²) >= 11 is 6.09. The molecule has 35 heavy (non-hydrogen) atoms. The fraction of sp³-hybridized carbons (Fsp3) is 0.321. The number of fused-ring (bicyclic) bond motifs is 7. The fourth-order valence-electron chi connectivity index (χ4n) is 6.61. The summed E-state index contributed by atoms with van der Waals surface area (Å²) in [7, 11) is 0. The Bertz CT molecular complexity index is 1290. The Kier molecular flexibility index (Phi) is 5.33. The highest BCUT2D eigenvalue weighted by molar-refractivity contribution is 6.34. The van der Waals surface area contributed by atoms with Gasteiger partial charge >= 0.3 is 6.18 Å². The number of carbonyl (C=O) groups is 1. The second kappa shape index (κ2) is 8.30. The molecule has 7 heteroatoms. The fourth-order valence-corrected chi connectivity index (χ4v) is 6.77. The van der Waals surface area contributed by atoms with E-state index in [9.17, 15) is 18.0 Å².